The molecule has 1 saturated carbocycles. The van der Waals surface area contributed by atoms with Crippen molar-refractivity contribution >= 4 is 6.03 Å². The average molecular weight is 276 g/mol. The maximum absolute atomic E-state index is 12.1. The molecule has 0 aromatic heterocycles. The van der Waals surface area contributed by atoms with E-state index in [0.717, 1.165) is 12.8 Å². The number of likely N-dealkylation sites (N-methyl/N-ethyl adjacent to an activating group) is 1. The fourth-order valence-electron chi connectivity index (χ4n) is 2.84. The van der Waals surface area contributed by atoms with Gasteiger partial charge in [0.25, 0.3) is 0 Å². The molecule has 1 aromatic rings. The maximum atomic E-state index is 12.1. The van der Waals surface area contributed by atoms with Crippen molar-refractivity contribution in [2.75, 3.05) is 26.2 Å². The van der Waals surface area contributed by atoms with E-state index < -0.39 is 0 Å². The number of nitrogens with zero attached hydrogens (tertiary/aromatic N) is 1. The first-order valence-electron chi connectivity index (χ1n) is 7.41. The lowest BCUT2D eigenvalue weighted by atomic mass is 9.64. The second-order valence-electron chi connectivity index (χ2n) is 5.46. The molecule has 4 heteroatoms. The molecule has 2 rings (SSSR count). The largest absolute Gasteiger partial charge is 0.395 e. The lowest BCUT2D eigenvalue weighted by Gasteiger charge is -2.43. The van der Waals surface area contributed by atoms with Gasteiger partial charge in [-0.05, 0) is 25.3 Å². The zero-order valence-corrected chi connectivity index (χ0v) is 12.1. The van der Waals surface area contributed by atoms with Crippen LogP contribution in [0.3, 0.4) is 0 Å². The van der Waals surface area contributed by atoms with E-state index in [0.29, 0.717) is 19.6 Å². The number of carbonyl (C=O) groups excluding carboxylic acids is 1. The van der Waals surface area contributed by atoms with Crippen molar-refractivity contribution in [3.8, 4) is 0 Å². The van der Waals surface area contributed by atoms with E-state index in [9.17, 15) is 4.79 Å². The average Bonchev–Trinajstić information content (AvgIpc) is 2.44. The molecule has 20 heavy (non-hydrogen) atoms. The molecular weight excluding hydrogens is 252 g/mol. The molecule has 1 fully saturated rings. The smallest absolute Gasteiger partial charge is 0.317 e. The summed E-state index contributed by atoms with van der Waals surface area (Å²) in [4.78, 5) is 13.7. The Hall–Kier alpha value is -1.55. The highest BCUT2D eigenvalue weighted by molar-refractivity contribution is 5.74. The predicted molar refractivity (Wildman–Crippen MR) is 79.7 cm³/mol. The normalized spacial score (nSPS) is 16.3. The van der Waals surface area contributed by atoms with Gasteiger partial charge in [0.15, 0.2) is 0 Å². The van der Waals surface area contributed by atoms with Crippen LogP contribution in [0.15, 0.2) is 30.3 Å². The number of carbonyl (C=O) groups is 1. The second-order valence-corrected chi connectivity index (χ2v) is 5.46. The number of amides is 2. The van der Waals surface area contributed by atoms with Gasteiger partial charge in [-0.15, -0.1) is 0 Å². The molecule has 2 amide bonds. The molecule has 0 saturated heterocycles. The molecule has 0 atom stereocenters. The molecule has 0 bridgehead atoms. The van der Waals surface area contributed by atoms with Crippen LogP contribution in [0.25, 0.3) is 0 Å². The quantitative estimate of drug-likeness (QED) is 0.836. The van der Waals surface area contributed by atoms with Crippen molar-refractivity contribution in [3.63, 3.8) is 0 Å². The van der Waals surface area contributed by atoms with Crippen LogP contribution in [0.5, 0.6) is 0 Å². The van der Waals surface area contributed by atoms with Crippen molar-refractivity contribution in [1.29, 1.82) is 0 Å². The van der Waals surface area contributed by atoms with Crippen molar-refractivity contribution in [1.82, 2.24) is 10.2 Å². The third-order valence-electron chi connectivity index (χ3n) is 4.31. The van der Waals surface area contributed by atoms with Crippen LogP contribution in [0, 0.1) is 0 Å². The minimum atomic E-state index is -0.0799. The number of nitrogens with one attached hydrogen (secondary N) is 1. The summed E-state index contributed by atoms with van der Waals surface area (Å²) >= 11 is 0. The molecule has 1 aromatic carbocycles. The van der Waals surface area contributed by atoms with Gasteiger partial charge in [0, 0.05) is 25.0 Å². The lowest BCUT2D eigenvalue weighted by molar-refractivity contribution is 0.170. The number of aliphatic hydroxyl groups excluding tert-OH is 1. The van der Waals surface area contributed by atoms with E-state index in [2.05, 4.69) is 29.6 Å². The third-order valence-corrected chi connectivity index (χ3v) is 4.31. The highest BCUT2D eigenvalue weighted by Gasteiger charge is 2.38. The van der Waals surface area contributed by atoms with Gasteiger partial charge in [0.2, 0.25) is 0 Å². The van der Waals surface area contributed by atoms with Crippen molar-refractivity contribution in [2.24, 2.45) is 0 Å². The maximum Gasteiger partial charge on any atom is 0.317 e. The van der Waals surface area contributed by atoms with Crippen LogP contribution < -0.4 is 5.32 Å². The van der Waals surface area contributed by atoms with Crippen molar-refractivity contribution in [3.05, 3.63) is 35.9 Å². The minimum absolute atomic E-state index is 0.00505. The fraction of sp³-hybridized carbons (Fsp3) is 0.562. The van der Waals surface area contributed by atoms with Crippen molar-refractivity contribution in [2.45, 2.75) is 31.6 Å². The molecule has 2 N–H and O–H groups in total. The first-order chi connectivity index (χ1) is 9.72. The molecule has 1 aliphatic rings. The Balaban J connectivity index is 1.96. The Morgan fingerprint density at radius 3 is 2.55 bits per heavy atom. The van der Waals surface area contributed by atoms with Gasteiger partial charge in [0.05, 0.1) is 6.61 Å². The summed E-state index contributed by atoms with van der Waals surface area (Å²) < 4.78 is 0. The van der Waals surface area contributed by atoms with Gasteiger partial charge >= 0.3 is 6.03 Å². The predicted octanol–water partition coefficient (Wildman–Crippen LogP) is 2.13. The summed E-state index contributed by atoms with van der Waals surface area (Å²) in [5.74, 6) is 0. The van der Waals surface area contributed by atoms with Crippen LogP contribution in [-0.4, -0.2) is 42.3 Å². The fourth-order valence-corrected chi connectivity index (χ4v) is 2.84. The van der Waals surface area contributed by atoms with E-state index in [1.807, 2.05) is 13.0 Å². The summed E-state index contributed by atoms with van der Waals surface area (Å²) in [5.41, 5.74) is 1.42. The molecule has 0 spiro atoms. The first-order valence-corrected chi connectivity index (χ1v) is 7.41. The first kappa shape index (κ1) is 14.9. The topological polar surface area (TPSA) is 52.6 Å². The number of benzene rings is 1. The highest BCUT2D eigenvalue weighted by atomic mass is 16.3. The Labute approximate surface area is 120 Å². The Kier molecular flexibility index (Phi) is 5.01. The molecule has 0 heterocycles. The summed E-state index contributed by atoms with van der Waals surface area (Å²) in [7, 11) is 0. The molecule has 0 unspecified atom stereocenters. The van der Waals surface area contributed by atoms with E-state index in [1.54, 1.807) is 4.90 Å². The monoisotopic (exact) mass is 276 g/mol. The van der Waals surface area contributed by atoms with Gasteiger partial charge in [-0.3, -0.25) is 0 Å². The zero-order valence-electron chi connectivity index (χ0n) is 12.1. The minimum Gasteiger partial charge on any atom is -0.395 e. The SMILES string of the molecule is CCN(CCO)C(=O)NCC1(c2ccccc2)CCC1. The molecule has 0 aliphatic heterocycles. The van der Waals surface area contributed by atoms with E-state index in [1.165, 1.54) is 12.0 Å². The highest BCUT2D eigenvalue weighted by Crippen LogP contribution is 2.43. The second kappa shape index (κ2) is 6.75. The van der Waals surface area contributed by atoms with E-state index in [4.69, 9.17) is 5.11 Å². The Morgan fingerprint density at radius 2 is 2.05 bits per heavy atom. The van der Waals surface area contributed by atoms with Gasteiger partial charge in [-0.25, -0.2) is 4.79 Å². The summed E-state index contributed by atoms with van der Waals surface area (Å²) in [6.45, 7) is 3.61. The zero-order chi connectivity index (χ0) is 14.4. The Bertz CT molecular complexity index is 429. The molecule has 4 nitrogen and oxygen atoms in total. The van der Waals surface area contributed by atoms with Crippen LogP contribution in [0.1, 0.15) is 31.7 Å². The summed E-state index contributed by atoms with van der Waals surface area (Å²) in [6, 6.07) is 10.4. The van der Waals surface area contributed by atoms with Gasteiger partial charge < -0.3 is 15.3 Å². The molecule has 110 valence electrons. The Morgan fingerprint density at radius 1 is 1.35 bits per heavy atom. The van der Waals surface area contributed by atoms with Crippen LogP contribution in [-0.2, 0) is 5.41 Å². The van der Waals surface area contributed by atoms with Crippen LogP contribution in [0.2, 0.25) is 0 Å². The standard InChI is InChI=1S/C16H24N2O2/c1-2-18(11-12-19)15(20)17-13-16(9-6-10-16)14-7-4-3-5-8-14/h3-5,7-8,19H,2,6,9-13H2,1H3,(H,17,20). The number of aliphatic hydroxyl groups is 1. The molecular formula is C16H24N2O2. The number of hydrogen-bond donors (Lipinski definition) is 2. The number of rotatable bonds is 6. The van der Waals surface area contributed by atoms with Crippen LogP contribution >= 0.6 is 0 Å². The van der Waals surface area contributed by atoms with Gasteiger partial charge in [-0.1, -0.05) is 36.8 Å². The van der Waals surface area contributed by atoms with E-state index in [-0.39, 0.29) is 18.1 Å². The number of urea groups is 1. The van der Waals surface area contributed by atoms with Crippen LogP contribution in [0.4, 0.5) is 4.79 Å². The summed E-state index contributed by atoms with van der Waals surface area (Å²) in [5, 5.41) is 12.0. The van der Waals surface area contributed by atoms with Crippen molar-refractivity contribution < 1.29 is 9.90 Å². The molecule has 0 radical (unpaired) electrons. The lowest BCUT2D eigenvalue weighted by Crippen LogP contribution is -2.49. The number of hydrogen-bond acceptors (Lipinski definition) is 2. The molecule has 1 aliphatic carbocycles. The van der Waals surface area contributed by atoms with Gasteiger partial charge in [-0.2, -0.15) is 0 Å². The van der Waals surface area contributed by atoms with Gasteiger partial charge in [0.1, 0.15) is 0 Å². The van der Waals surface area contributed by atoms with E-state index >= 15 is 0 Å². The third kappa shape index (κ3) is 3.12. The summed E-state index contributed by atoms with van der Waals surface area (Å²) in [6.07, 6.45) is 3.48.